The Hall–Kier alpha value is -2.48. The molecule has 8 heteroatoms. The zero-order valence-electron chi connectivity index (χ0n) is 13.1. The Morgan fingerprint density at radius 3 is 2.57 bits per heavy atom. The van der Waals surface area contributed by atoms with E-state index in [9.17, 15) is 0 Å². The number of hydrogen-bond acceptors (Lipinski definition) is 7. The molecule has 0 saturated heterocycles. The summed E-state index contributed by atoms with van der Waals surface area (Å²) in [4.78, 5) is 0. The average Bonchev–Trinajstić information content (AvgIpc) is 3.09. The number of nitrogen functional groups attached to an aromatic ring is 1. The molecule has 0 spiro atoms. The molecule has 0 aliphatic carbocycles. The Bertz CT molecular complexity index is 790. The first-order valence-electron chi connectivity index (χ1n) is 6.99. The summed E-state index contributed by atoms with van der Waals surface area (Å²) in [5.41, 5.74) is 2.82. The van der Waals surface area contributed by atoms with Crippen molar-refractivity contribution in [2.75, 3.05) is 13.0 Å². The maximum Gasteiger partial charge on any atom is 0.210 e. The molecule has 120 valence electrons. The Labute approximate surface area is 137 Å². The minimum atomic E-state index is 0.605. The number of ether oxygens (including phenoxy) is 1. The van der Waals surface area contributed by atoms with E-state index < -0.39 is 0 Å². The van der Waals surface area contributed by atoms with E-state index in [-0.39, 0.29) is 0 Å². The molecular formula is C15H17N5O2S. The van der Waals surface area contributed by atoms with Crippen molar-refractivity contribution in [1.82, 2.24) is 20.0 Å². The molecule has 0 radical (unpaired) electrons. The van der Waals surface area contributed by atoms with Gasteiger partial charge in [0.05, 0.1) is 12.8 Å². The van der Waals surface area contributed by atoms with Gasteiger partial charge in [-0.3, -0.25) is 0 Å². The van der Waals surface area contributed by atoms with Crippen molar-refractivity contribution in [2.24, 2.45) is 0 Å². The van der Waals surface area contributed by atoms with Gasteiger partial charge in [-0.25, -0.2) is 4.68 Å². The summed E-state index contributed by atoms with van der Waals surface area (Å²) in [7, 11) is 1.63. The fraction of sp³-hybridized carbons (Fsp3) is 0.267. The van der Waals surface area contributed by atoms with Gasteiger partial charge in [-0.15, -0.1) is 10.2 Å². The number of aryl methyl sites for hydroxylation is 2. The summed E-state index contributed by atoms with van der Waals surface area (Å²) in [6.45, 7) is 3.81. The van der Waals surface area contributed by atoms with Crippen molar-refractivity contribution in [3.63, 3.8) is 0 Å². The fourth-order valence-corrected chi connectivity index (χ4v) is 3.17. The van der Waals surface area contributed by atoms with E-state index >= 15 is 0 Å². The third-order valence-corrected chi connectivity index (χ3v) is 4.51. The largest absolute Gasteiger partial charge is 0.497 e. The van der Waals surface area contributed by atoms with Crippen molar-refractivity contribution < 1.29 is 9.26 Å². The molecule has 0 saturated carbocycles. The van der Waals surface area contributed by atoms with Gasteiger partial charge in [-0.1, -0.05) is 16.9 Å². The van der Waals surface area contributed by atoms with Crippen LogP contribution in [0.5, 0.6) is 5.75 Å². The van der Waals surface area contributed by atoms with Crippen LogP contribution >= 0.6 is 11.8 Å². The van der Waals surface area contributed by atoms with Gasteiger partial charge in [0, 0.05) is 16.9 Å². The van der Waals surface area contributed by atoms with Crippen LogP contribution in [0, 0.1) is 13.8 Å². The number of rotatable bonds is 5. The highest BCUT2D eigenvalue weighted by Gasteiger charge is 2.15. The maximum atomic E-state index is 6.12. The second-order valence-corrected chi connectivity index (χ2v) is 5.94. The molecule has 0 unspecified atom stereocenters. The molecule has 1 aromatic carbocycles. The van der Waals surface area contributed by atoms with Gasteiger partial charge in [0.2, 0.25) is 5.16 Å². The zero-order valence-corrected chi connectivity index (χ0v) is 13.9. The zero-order chi connectivity index (χ0) is 16.4. The van der Waals surface area contributed by atoms with Crippen LogP contribution in [0.3, 0.4) is 0 Å². The molecular weight excluding hydrogens is 314 g/mol. The van der Waals surface area contributed by atoms with E-state index in [1.165, 1.54) is 16.4 Å². The summed E-state index contributed by atoms with van der Waals surface area (Å²) in [5, 5.41) is 12.9. The Morgan fingerprint density at radius 1 is 1.22 bits per heavy atom. The minimum Gasteiger partial charge on any atom is -0.497 e. The maximum absolute atomic E-state index is 6.12. The second-order valence-electron chi connectivity index (χ2n) is 5.00. The molecule has 3 rings (SSSR count). The number of hydrogen-bond donors (Lipinski definition) is 1. The summed E-state index contributed by atoms with van der Waals surface area (Å²) in [6.07, 6.45) is 0. The monoisotopic (exact) mass is 331 g/mol. The van der Waals surface area contributed by atoms with E-state index in [4.69, 9.17) is 15.1 Å². The summed E-state index contributed by atoms with van der Waals surface area (Å²) in [5.74, 6) is 9.00. The van der Waals surface area contributed by atoms with Crippen LogP contribution in [-0.2, 0) is 5.75 Å². The van der Waals surface area contributed by atoms with Gasteiger partial charge in [-0.05, 0) is 38.1 Å². The Morgan fingerprint density at radius 2 is 1.96 bits per heavy atom. The number of aromatic nitrogens is 4. The minimum absolute atomic E-state index is 0.605. The lowest BCUT2D eigenvalue weighted by molar-refractivity contribution is 0.392. The molecule has 2 N–H and O–H groups in total. The van der Waals surface area contributed by atoms with E-state index in [0.29, 0.717) is 16.7 Å². The molecule has 0 bridgehead atoms. The van der Waals surface area contributed by atoms with E-state index in [1.54, 1.807) is 7.11 Å². The first kappa shape index (κ1) is 15.4. The number of nitrogens with zero attached hydrogens (tertiary/aromatic N) is 4. The molecule has 23 heavy (non-hydrogen) atoms. The summed E-state index contributed by atoms with van der Waals surface area (Å²) in [6, 6.07) is 7.52. The number of nitrogens with two attached hydrogens (primary N) is 1. The van der Waals surface area contributed by atoms with Crippen LogP contribution < -0.4 is 10.6 Å². The van der Waals surface area contributed by atoms with Crippen LogP contribution in [0.25, 0.3) is 11.4 Å². The number of thioether (sulfide) groups is 1. The number of benzene rings is 1. The summed E-state index contributed by atoms with van der Waals surface area (Å²) >= 11 is 1.50. The van der Waals surface area contributed by atoms with Gasteiger partial charge < -0.3 is 15.1 Å². The quantitative estimate of drug-likeness (QED) is 0.567. The highest BCUT2D eigenvalue weighted by Crippen LogP contribution is 2.27. The van der Waals surface area contributed by atoms with Crippen molar-refractivity contribution in [2.45, 2.75) is 24.8 Å². The van der Waals surface area contributed by atoms with Gasteiger partial charge in [0.25, 0.3) is 0 Å². The molecule has 0 amide bonds. The topological polar surface area (TPSA) is 92.0 Å². The fourth-order valence-electron chi connectivity index (χ4n) is 2.16. The Balaban J connectivity index is 1.79. The van der Waals surface area contributed by atoms with Gasteiger partial charge >= 0.3 is 0 Å². The number of methoxy groups -OCH3 is 1. The van der Waals surface area contributed by atoms with Crippen molar-refractivity contribution in [3.05, 3.63) is 41.3 Å². The smallest absolute Gasteiger partial charge is 0.210 e. The summed E-state index contributed by atoms with van der Waals surface area (Å²) < 4.78 is 11.8. The predicted molar refractivity (Wildman–Crippen MR) is 87.7 cm³/mol. The highest BCUT2D eigenvalue weighted by molar-refractivity contribution is 7.98. The second kappa shape index (κ2) is 6.33. The molecule has 0 aliphatic heterocycles. The van der Waals surface area contributed by atoms with Crippen LogP contribution in [0.4, 0.5) is 0 Å². The first-order chi connectivity index (χ1) is 11.1. The van der Waals surface area contributed by atoms with Crippen LogP contribution in [0.2, 0.25) is 0 Å². The first-order valence-corrected chi connectivity index (χ1v) is 7.98. The molecule has 7 nitrogen and oxygen atoms in total. The van der Waals surface area contributed by atoms with Crippen molar-refractivity contribution in [3.8, 4) is 17.1 Å². The van der Waals surface area contributed by atoms with Gasteiger partial charge in [-0.2, -0.15) is 0 Å². The molecule has 2 heterocycles. The normalized spacial score (nSPS) is 10.9. The third-order valence-electron chi connectivity index (χ3n) is 3.54. The van der Waals surface area contributed by atoms with E-state index in [0.717, 1.165) is 28.3 Å². The van der Waals surface area contributed by atoms with Crippen LogP contribution in [0.1, 0.15) is 17.0 Å². The third kappa shape index (κ3) is 3.02. The standard InChI is InChI=1S/C15H17N5O2S/c1-9-13(10(2)22-19-9)8-23-15-18-17-14(20(15)16)11-4-6-12(21-3)7-5-11/h4-7H,8,16H2,1-3H3. The molecule has 0 aliphatic rings. The lowest BCUT2D eigenvalue weighted by Gasteiger charge is -2.04. The highest BCUT2D eigenvalue weighted by atomic mass is 32.2. The average molecular weight is 331 g/mol. The van der Waals surface area contributed by atoms with Crippen LogP contribution in [0.15, 0.2) is 33.9 Å². The van der Waals surface area contributed by atoms with Gasteiger partial charge in [0.15, 0.2) is 5.82 Å². The molecule has 2 aromatic heterocycles. The SMILES string of the molecule is COc1ccc(-c2nnc(SCc3c(C)noc3C)n2N)cc1. The Kier molecular flexibility index (Phi) is 4.24. The molecule has 3 aromatic rings. The van der Waals surface area contributed by atoms with Crippen molar-refractivity contribution >= 4 is 11.8 Å². The molecule has 0 atom stereocenters. The lowest BCUT2D eigenvalue weighted by Crippen LogP contribution is -2.11. The van der Waals surface area contributed by atoms with E-state index in [2.05, 4.69) is 15.4 Å². The molecule has 0 fully saturated rings. The lowest BCUT2D eigenvalue weighted by atomic mass is 10.2. The predicted octanol–water partition coefficient (Wildman–Crippen LogP) is 2.56. The van der Waals surface area contributed by atoms with Crippen molar-refractivity contribution in [1.29, 1.82) is 0 Å². The van der Waals surface area contributed by atoms with Gasteiger partial charge in [0.1, 0.15) is 11.5 Å². The van der Waals surface area contributed by atoms with E-state index in [1.807, 2.05) is 38.1 Å². The van der Waals surface area contributed by atoms with Crippen LogP contribution in [-0.4, -0.2) is 27.1 Å².